The van der Waals surface area contributed by atoms with Gasteiger partial charge in [-0.3, -0.25) is 4.68 Å². The molecule has 2 saturated heterocycles. The first-order chi connectivity index (χ1) is 15.0. The van der Waals surface area contributed by atoms with E-state index < -0.39 is 12.0 Å². The summed E-state index contributed by atoms with van der Waals surface area (Å²) in [7, 11) is 0. The maximum atomic E-state index is 14.6. The summed E-state index contributed by atoms with van der Waals surface area (Å²) in [6.07, 6.45) is 3.45. The zero-order chi connectivity index (χ0) is 23.0. The molecule has 0 spiro atoms. The highest BCUT2D eigenvalue weighted by atomic mass is 19.3. The molecule has 1 amide bonds. The van der Waals surface area contributed by atoms with E-state index in [2.05, 4.69) is 10.1 Å². The molecule has 8 nitrogen and oxygen atoms in total. The van der Waals surface area contributed by atoms with E-state index in [0.29, 0.717) is 29.3 Å². The van der Waals surface area contributed by atoms with Gasteiger partial charge in [0.1, 0.15) is 5.69 Å². The summed E-state index contributed by atoms with van der Waals surface area (Å²) < 4.78 is 31.0. The molecule has 3 aliphatic rings. The summed E-state index contributed by atoms with van der Waals surface area (Å²) in [5.41, 5.74) is 1.22. The van der Waals surface area contributed by atoms with Gasteiger partial charge in [0.15, 0.2) is 0 Å². The average Bonchev–Trinajstić information content (AvgIpc) is 3.23. The maximum Gasteiger partial charge on any atom is 0.407 e. The van der Waals surface area contributed by atoms with E-state index in [9.17, 15) is 18.7 Å². The second kappa shape index (κ2) is 6.86. The first-order valence-electron chi connectivity index (χ1n) is 11.1. The van der Waals surface area contributed by atoms with Crippen LogP contribution in [0.25, 0.3) is 11.3 Å². The predicted octanol–water partition coefficient (Wildman–Crippen LogP) is 3.93. The van der Waals surface area contributed by atoms with Crippen molar-refractivity contribution in [3.8, 4) is 11.3 Å². The van der Waals surface area contributed by atoms with Gasteiger partial charge in [0.25, 0.3) is 5.92 Å². The number of nitrogens with zero attached hydrogens (tertiary/aromatic N) is 6. The number of aromatic nitrogens is 4. The van der Waals surface area contributed by atoms with Crippen LogP contribution in [0.5, 0.6) is 0 Å². The molecule has 2 fully saturated rings. The molecule has 1 N–H and O–H groups in total. The molecule has 32 heavy (non-hydrogen) atoms. The Hall–Kier alpha value is -2.78. The van der Waals surface area contributed by atoms with E-state index in [0.717, 1.165) is 13.0 Å². The Morgan fingerprint density at radius 3 is 2.62 bits per heavy atom. The normalized spacial score (nSPS) is 26.5. The number of hydrogen-bond acceptors (Lipinski definition) is 5. The topological polar surface area (TPSA) is 87.4 Å². The molecule has 2 aliphatic heterocycles. The third-order valence-corrected chi connectivity index (χ3v) is 7.04. The minimum atomic E-state index is -2.96. The molecule has 0 aromatic carbocycles. The number of carboxylic acid groups (broad SMARTS) is 1. The zero-order valence-corrected chi connectivity index (χ0v) is 18.7. The molecule has 172 valence electrons. The van der Waals surface area contributed by atoms with Crippen LogP contribution in [0.4, 0.5) is 19.5 Å². The van der Waals surface area contributed by atoms with Crippen LogP contribution >= 0.6 is 0 Å². The van der Waals surface area contributed by atoms with Crippen molar-refractivity contribution in [2.75, 3.05) is 18.0 Å². The van der Waals surface area contributed by atoms with E-state index in [1.54, 1.807) is 10.9 Å². The number of alkyl halides is 2. The van der Waals surface area contributed by atoms with Crippen molar-refractivity contribution in [1.29, 1.82) is 0 Å². The minimum Gasteiger partial charge on any atom is -0.465 e. The summed E-state index contributed by atoms with van der Waals surface area (Å²) in [5.74, 6) is -2.61. The van der Waals surface area contributed by atoms with Crippen LogP contribution in [0.2, 0.25) is 0 Å². The van der Waals surface area contributed by atoms with E-state index in [-0.39, 0.29) is 42.1 Å². The van der Waals surface area contributed by atoms with Crippen LogP contribution in [0.15, 0.2) is 12.4 Å². The first kappa shape index (κ1) is 21.1. The molecule has 3 atom stereocenters. The molecule has 10 heteroatoms. The van der Waals surface area contributed by atoms with Crippen LogP contribution < -0.4 is 4.90 Å². The van der Waals surface area contributed by atoms with Crippen molar-refractivity contribution in [2.45, 2.75) is 71.0 Å². The van der Waals surface area contributed by atoms with Gasteiger partial charge in [0.05, 0.1) is 24.0 Å². The second-order valence-corrected chi connectivity index (χ2v) is 10.3. The summed E-state index contributed by atoms with van der Waals surface area (Å²) in [6, 6.07) is -0.125. The van der Waals surface area contributed by atoms with Crippen molar-refractivity contribution < 1.29 is 18.7 Å². The lowest BCUT2D eigenvalue weighted by atomic mass is 9.76. The highest BCUT2D eigenvalue weighted by Crippen LogP contribution is 2.45. The third kappa shape index (κ3) is 3.14. The number of hydrogen-bond donors (Lipinski definition) is 1. The van der Waals surface area contributed by atoms with Gasteiger partial charge in [0, 0.05) is 42.9 Å². The molecular formula is C22H28F2N6O2. The smallest absolute Gasteiger partial charge is 0.407 e. The molecule has 5 rings (SSSR count). The average molecular weight is 447 g/mol. The lowest BCUT2D eigenvalue weighted by molar-refractivity contribution is -0.0319. The number of anilines is 1. The first-order valence-corrected chi connectivity index (χ1v) is 11.1. The molecule has 2 aromatic heterocycles. The van der Waals surface area contributed by atoms with Gasteiger partial charge >= 0.3 is 6.09 Å². The molecule has 0 saturated carbocycles. The highest BCUT2D eigenvalue weighted by molar-refractivity contribution is 5.68. The van der Waals surface area contributed by atoms with Crippen LogP contribution in [0, 0.1) is 5.41 Å². The number of likely N-dealkylation sites (tertiary alicyclic amines) is 1. The fourth-order valence-electron chi connectivity index (χ4n) is 5.19. The van der Waals surface area contributed by atoms with E-state index >= 15 is 0 Å². The van der Waals surface area contributed by atoms with E-state index in [1.807, 2.05) is 38.8 Å². The van der Waals surface area contributed by atoms with Crippen molar-refractivity contribution in [3.63, 3.8) is 0 Å². The molecule has 0 bridgehead atoms. The van der Waals surface area contributed by atoms with Crippen LogP contribution in [-0.2, 0) is 12.3 Å². The summed E-state index contributed by atoms with van der Waals surface area (Å²) in [5, 5.41) is 14.0. The number of amides is 1. The maximum absolute atomic E-state index is 14.6. The van der Waals surface area contributed by atoms with Crippen molar-refractivity contribution in [2.24, 2.45) is 5.41 Å². The Morgan fingerprint density at radius 1 is 1.28 bits per heavy atom. The van der Waals surface area contributed by atoms with Gasteiger partial charge in [-0.15, -0.1) is 0 Å². The zero-order valence-electron chi connectivity index (χ0n) is 18.7. The number of halogens is 2. The summed E-state index contributed by atoms with van der Waals surface area (Å²) in [6.45, 7) is 9.14. The van der Waals surface area contributed by atoms with Crippen molar-refractivity contribution in [3.05, 3.63) is 23.7 Å². The number of carbonyl (C=O) groups is 1. The molecule has 3 unspecified atom stereocenters. The lowest BCUT2D eigenvalue weighted by Gasteiger charge is -2.52. The molecule has 2 aromatic rings. The Morgan fingerprint density at radius 2 is 2.03 bits per heavy atom. The fraction of sp³-hybridized carbons (Fsp3) is 0.636. The minimum absolute atomic E-state index is 0.119. The van der Waals surface area contributed by atoms with Gasteiger partial charge in [-0.25, -0.2) is 14.8 Å². The van der Waals surface area contributed by atoms with Crippen LogP contribution in [-0.4, -0.2) is 61.0 Å². The van der Waals surface area contributed by atoms with Gasteiger partial charge in [0.2, 0.25) is 5.95 Å². The number of fused-ring (bicyclic) bond motifs is 1. The van der Waals surface area contributed by atoms with Gasteiger partial charge in [-0.1, -0.05) is 20.8 Å². The van der Waals surface area contributed by atoms with Gasteiger partial charge < -0.3 is 14.9 Å². The predicted molar refractivity (Wildman–Crippen MR) is 114 cm³/mol. The Kier molecular flexibility index (Phi) is 4.52. The standard InChI is InChI=1S/C22H28F2N6O2/c1-12-6-8-28(12)19-26-16(14-5-7-22(23,24)17(14)27-19)13-9-25-30(10-13)15-11-29(20(31)32)18(15)21(2,3)4/h9-10,12,15,18H,5-8,11H2,1-4H3,(H,31,32). The quantitative estimate of drug-likeness (QED) is 0.769. The van der Waals surface area contributed by atoms with E-state index in [1.165, 1.54) is 4.90 Å². The number of rotatable bonds is 3. The fourth-order valence-corrected chi connectivity index (χ4v) is 5.19. The Balaban J connectivity index is 1.53. The highest BCUT2D eigenvalue weighted by Gasteiger charge is 2.50. The van der Waals surface area contributed by atoms with E-state index in [4.69, 9.17) is 4.98 Å². The third-order valence-electron chi connectivity index (χ3n) is 7.04. The SMILES string of the molecule is CC1CCN1c1nc(-c2cnn(C3CN(C(=O)O)C3C(C)(C)C)c2)c2c(n1)C(F)(F)CC2. The van der Waals surface area contributed by atoms with Crippen LogP contribution in [0.1, 0.15) is 57.8 Å². The van der Waals surface area contributed by atoms with Gasteiger partial charge in [-0.2, -0.15) is 13.9 Å². The second-order valence-electron chi connectivity index (χ2n) is 10.3. The Bertz CT molecular complexity index is 1080. The summed E-state index contributed by atoms with van der Waals surface area (Å²) >= 11 is 0. The molecule has 1 aliphatic carbocycles. The molecule has 4 heterocycles. The molecule has 0 radical (unpaired) electrons. The van der Waals surface area contributed by atoms with Crippen molar-refractivity contribution >= 4 is 12.0 Å². The monoisotopic (exact) mass is 446 g/mol. The molecular weight excluding hydrogens is 418 g/mol. The Labute approximate surface area is 185 Å². The van der Waals surface area contributed by atoms with Gasteiger partial charge in [-0.05, 0) is 25.2 Å². The summed E-state index contributed by atoms with van der Waals surface area (Å²) in [4.78, 5) is 24.0. The lowest BCUT2D eigenvalue weighted by Crippen LogP contribution is -2.63. The van der Waals surface area contributed by atoms with Crippen molar-refractivity contribution in [1.82, 2.24) is 24.6 Å². The van der Waals surface area contributed by atoms with Crippen LogP contribution in [0.3, 0.4) is 0 Å². The largest absolute Gasteiger partial charge is 0.465 e.